The Kier molecular flexibility index (Phi) is 8.66. The maximum absolute atomic E-state index is 5.49. The SMILES string of the molecule is CC(/C=N/N=C(N)N/N=C/C(C)=N/N=C(N)N)=N\N=C(N)N. The van der Waals surface area contributed by atoms with Crippen molar-refractivity contribution in [1.29, 1.82) is 0 Å². The molecule has 0 aromatic carbocycles. The molecule has 0 aliphatic rings. The van der Waals surface area contributed by atoms with Gasteiger partial charge in [-0.2, -0.15) is 20.4 Å². The highest BCUT2D eigenvalue weighted by Gasteiger charge is 1.88. The lowest BCUT2D eigenvalue weighted by molar-refractivity contribution is 0.996. The number of hydrogen-bond donors (Lipinski definition) is 6. The molecule has 0 rings (SSSR count). The van der Waals surface area contributed by atoms with Crippen LogP contribution in [-0.4, -0.2) is 41.7 Å². The van der Waals surface area contributed by atoms with Crippen molar-refractivity contribution in [1.82, 2.24) is 5.43 Å². The minimum atomic E-state index is -0.162. The van der Waals surface area contributed by atoms with Crippen molar-refractivity contribution >= 4 is 41.7 Å². The molecule has 22 heavy (non-hydrogen) atoms. The van der Waals surface area contributed by atoms with Gasteiger partial charge < -0.3 is 28.7 Å². The van der Waals surface area contributed by atoms with Gasteiger partial charge in [-0.15, -0.1) is 15.3 Å². The van der Waals surface area contributed by atoms with Gasteiger partial charge in [0.25, 0.3) is 0 Å². The van der Waals surface area contributed by atoms with Gasteiger partial charge in [0.15, 0.2) is 0 Å². The van der Waals surface area contributed by atoms with Gasteiger partial charge in [-0.3, -0.25) is 0 Å². The molecule has 0 bridgehead atoms. The number of nitrogens with zero attached hydrogens (tertiary/aromatic N) is 7. The normalized spacial score (nSPS) is 13.5. The van der Waals surface area contributed by atoms with Crippen LogP contribution in [0.4, 0.5) is 0 Å². The van der Waals surface area contributed by atoms with Crippen LogP contribution in [0.1, 0.15) is 13.8 Å². The van der Waals surface area contributed by atoms with Crippen molar-refractivity contribution in [2.45, 2.75) is 13.8 Å². The predicted molar refractivity (Wildman–Crippen MR) is 89.6 cm³/mol. The van der Waals surface area contributed by atoms with E-state index in [0.717, 1.165) is 0 Å². The molecule has 0 aliphatic heterocycles. The summed E-state index contributed by atoms with van der Waals surface area (Å²) in [7, 11) is 0. The fraction of sp³-hybridized carbons (Fsp3) is 0.222. The molecule has 13 heteroatoms. The van der Waals surface area contributed by atoms with E-state index in [1.54, 1.807) is 13.8 Å². The maximum atomic E-state index is 5.49. The number of guanidine groups is 3. The lowest BCUT2D eigenvalue weighted by Crippen LogP contribution is -2.27. The molecule has 0 saturated heterocycles. The molecule has 0 fully saturated rings. The zero-order chi connectivity index (χ0) is 17.0. The fourth-order valence-electron chi connectivity index (χ4n) is 0.714. The molecule has 0 radical (unpaired) electrons. The third kappa shape index (κ3) is 11.6. The highest BCUT2D eigenvalue weighted by atomic mass is 15.4. The average molecular weight is 309 g/mol. The summed E-state index contributed by atoms with van der Waals surface area (Å²) < 4.78 is 0. The van der Waals surface area contributed by atoms with Crippen LogP contribution in [0.25, 0.3) is 0 Å². The molecule has 0 aromatic heterocycles. The van der Waals surface area contributed by atoms with Gasteiger partial charge >= 0.3 is 0 Å². The Labute approximate surface area is 126 Å². The van der Waals surface area contributed by atoms with Crippen molar-refractivity contribution in [2.75, 3.05) is 0 Å². The summed E-state index contributed by atoms with van der Waals surface area (Å²) in [6.45, 7) is 3.25. The van der Waals surface area contributed by atoms with Crippen molar-refractivity contribution in [2.24, 2.45) is 64.4 Å². The Morgan fingerprint density at radius 3 is 1.73 bits per heavy atom. The molecule has 13 nitrogen and oxygen atoms in total. The Hall–Kier alpha value is -3.51. The first kappa shape index (κ1) is 18.5. The lowest BCUT2D eigenvalue weighted by atomic mass is 10.5. The number of hydrogen-bond acceptors (Lipinski definition) is 7. The molecule has 0 atom stereocenters. The van der Waals surface area contributed by atoms with Crippen LogP contribution >= 0.6 is 0 Å². The second-order valence-electron chi connectivity index (χ2n) is 3.63. The van der Waals surface area contributed by atoms with Crippen molar-refractivity contribution in [3.05, 3.63) is 0 Å². The summed E-state index contributed by atoms with van der Waals surface area (Å²) in [6.07, 6.45) is 2.64. The molecule has 0 saturated carbocycles. The molecule has 0 amide bonds. The number of nitrogens with two attached hydrogens (primary N) is 5. The van der Waals surface area contributed by atoms with E-state index in [1.165, 1.54) is 12.4 Å². The molecular formula is C9H19N13. The molecule has 0 aromatic rings. The summed E-state index contributed by atoms with van der Waals surface area (Å²) in [5.74, 6) is -0.379. The lowest BCUT2D eigenvalue weighted by Gasteiger charge is -1.95. The van der Waals surface area contributed by atoms with E-state index < -0.39 is 0 Å². The maximum Gasteiger partial charge on any atom is 0.234 e. The first-order valence-corrected chi connectivity index (χ1v) is 5.73. The summed E-state index contributed by atoms with van der Waals surface area (Å²) >= 11 is 0. The summed E-state index contributed by atoms with van der Waals surface area (Å²) in [5, 5.41) is 25.1. The quantitative estimate of drug-likeness (QED) is 0.172. The summed E-state index contributed by atoms with van der Waals surface area (Å²) in [4.78, 5) is 0. The van der Waals surface area contributed by atoms with Gasteiger partial charge in [0.2, 0.25) is 17.9 Å². The van der Waals surface area contributed by atoms with Crippen LogP contribution < -0.4 is 34.1 Å². The van der Waals surface area contributed by atoms with Crippen LogP contribution in [0.3, 0.4) is 0 Å². The van der Waals surface area contributed by atoms with Crippen LogP contribution in [0.5, 0.6) is 0 Å². The van der Waals surface area contributed by atoms with E-state index in [-0.39, 0.29) is 17.9 Å². The van der Waals surface area contributed by atoms with Crippen molar-refractivity contribution in [3.63, 3.8) is 0 Å². The van der Waals surface area contributed by atoms with Crippen LogP contribution in [0.2, 0.25) is 0 Å². The number of rotatable bonds is 6. The molecule has 0 unspecified atom stereocenters. The van der Waals surface area contributed by atoms with Gasteiger partial charge in [-0.25, -0.2) is 5.43 Å². The van der Waals surface area contributed by atoms with Gasteiger partial charge in [-0.1, -0.05) is 0 Å². The minimum absolute atomic E-state index is 0.0585. The van der Waals surface area contributed by atoms with Crippen LogP contribution in [0.15, 0.2) is 35.7 Å². The highest BCUT2D eigenvalue weighted by Crippen LogP contribution is 1.78. The Morgan fingerprint density at radius 1 is 0.727 bits per heavy atom. The summed E-state index contributed by atoms with van der Waals surface area (Å²) in [5.41, 5.74) is 29.2. The molecule has 0 heterocycles. The largest absolute Gasteiger partial charge is 0.369 e. The van der Waals surface area contributed by atoms with Gasteiger partial charge in [0.1, 0.15) is 0 Å². The van der Waals surface area contributed by atoms with Gasteiger partial charge in [0, 0.05) is 0 Å². The first-order chi connectivity index (χ1) is 10.3. The topological polar surface area (TPSA) is 229 Å². The number of nitrogens with one attached hydrogen (secondary N) is 1. The zero-order valence-corrected chi connectivity index (χ0v) is 12.2. The molecule has 11 N–H and O–H groups in total. The van der Waals surface area contributed by atoms with Crippen LogP contribution in [-0.2, 0) is 0 Å². The highest BCUT2D eigenvalue weighted by molar-refractivity contribution is 6.30. The third-order valence-corrected chi connectivity index (χ3v) is 1.49. The molecular weight excluding hydrogens is 290 g/mol. The van der Waals surface area contributed by atoms with E-state index in [4.69, 9.17) is 28.7 Å². The zero-order valence-electron chi connectivity index (χ0n) is 12.2. The van der Waals surface area contributed by atoms with Crippen molar-refractivity contribution in [3.8, 4) is 0 Å². The Bertz CT molecular complexity index is 554. The van der Waals surface area contributed by atoms with E-state index in [2.05, 4.69) is 41.1 Å². The molecule has 0 spiro atoms. The first-order valence-electron chi connectivity index (χ1n) is 5.73. The molecule has 0 aliphatic carbocycles. The monoisotopic (exact) mass is 309 g/mol. The summed E-state index contributed by atoms with van der Waals surface area (Å²) in [6, 6.07) is 0. The van der Waals surface area contributed by atoms with E-state index in [1.807, 2.05) is 0 Å². The average Bonchev–Trinajstić information content (AvgIpc) is 2.43. The molecule has 120 valence electrons. The smallest absolute Gasteiger partial charge is 0.234 e. The van der Waals surface area contributed by atoms with Crippen LogP contribution in [0, 0.1) is 0 Å². The fourth-order valence-corrected chi connectivity index (χ4v) is 0.714. The van der Waals surface area contributed by atoms with E-state index >= 15 is 0 Å². The van der Waals surface area contributed by atoms with E-state index in [9.17, 15) is 0 Å². The second kappa shape index (κ2) is 10.3. The van der Waals surface area contributed by atoms with Gasteiger partial charge in [-0.05, 0) is 13.8 Å². The predicted octanol–water partition coefficient (Wildman–Crippen LogP) is -2.84. The minimum Gasteiger partial charge on any atom is -0.369 e. The van der Waals surface area contributed by atoms with Crippen molar-refractivity contribution < 1.29 is 0 Å². The Balaban J connectivity index is 4.46. The second-order valence-corrected chi connectivity index (χ2v) is 3.63. The van der Waals surface area contributed by atoms with Gasteiger partial charge in [0.05, 0.1) is 23.9 Å². The third-order valence-electron chi connectivity index (χ3n) is 1.49. The van der Waals surface area contributed by atoms with E-state index in [0.29, 0.717) is 11.4 Å². The Morgan fingerprint density at radius 2 is 1.23 bits per heavy atom. The standard InChI is InChI=1S/C9H19N13/c1-5(17-19-7(10)11)3-15-21-9(14)22-16-4-6(2)18-20-8(12)13/h3-4H,1-2H3,(H4,10,11,19)(H4,12,13,20)(H3,14,21,22)/b15-3+,16-4+,17-5+,18-6+. The number of hydrazone groups is 1.